The lowest BCUT2D eigenvalue weighted by Gasteiger charge is -2.25. The van der Waals surface area contributed by atoms with Gasteiger partial charge in [-0.05, 0) is 54.4 Å². The summed E-state index contributed by atoms with van der Waals surface area (Å²) < 4.78 is 6.93. The molecule has 0 radical (unpaired) electrons. The van der Waals surface area contributed by atoms with Crippen LogP contribution in [0.4, 0.5) is 5.95 Å². The fourth-order valence-corrected chi connectivity index (χ4v) is 2.65. The molecule has 0 saturated carbocycles. The Labute approximate surface area is 147 Å². The van der Waals surface area contributed by atoms with Crippen LogP contribution < -0.4 is 10.1 Å². The molecule has 7 heteroatoms. The molecule has 1 aromatic heterocycles. The van der Waals surface area contributed by atoms with Gasteiger partial charge >= 0.3 is 0 Å². The molecule has 0 aliphatic carbocycles. The Morgan fingerprint density at radius 2 is 1.80 bits per heavy atom. The monoisotopic (exact) mass is 338 g/mol. The summed E-state index contributed by atoms with van der Waals surface area (Å²) in [7, 11) is 5.77. The molecule has 0 bridgehead atoms. The number of benzene rings is 2. The molecule has 1 N–H and O–H groups in total. The van der Waals surface area contributed by atoms with Crippen LogP contribution in [-0.2, 0) is 0 Å². The van der Waals surface area contributed by atoms with E-state index in [1.807, 2.05) is 42.5 Å². The summed E-state index contributed by atoms with van der Waals surface area (Å²) in [6.07, 6.45) is 0. The van der Waals surface area contributed by atoms with E-state index in [1.165, 1.54) is 5.56 Å². The van der Waals surface area contributed by atoms with Gasteiger partial charge in [-0.15, -0.1) is 0 Å². The van der Waals surface area contributed by atoms with Crippen LogP contribution in [0.15, 0.2) is 54.6 Å². The van der Waals surface area contributed by atoms with Gasteiger partial charge in [-0.3, -0.25) is 0 Å². The number of hydrogen-bond donors (Lipinski definition) is 1. The number of anilines is 1. The van der Waals surface area contributed by atoms with Crippen molar-refractivity contribution in [1.82, 2.24) is 25.1 Å². The smallest absolute Gasteiger partial charge is 0.247 e. The van der Waals surface area contributed by atoms with Crippen LogP contribution in [0.2, 0.25) is 0 Å². The number of likely N-dealkylation sites (N-methyl/N-ethyl adjacent to an activating group) is 1. The molecular weight excluding hydrogens is 316 g/mol. The van der Waals surface area contributed by atoms with E-state index >= 15 is 0 Å². The number of ether oxygens (including phenoxy) is 1. The molecule has 7 nitrogen and oxygen atoms in total. The first-order valence-corrected chi connectivity index (χ1v) is 8.07. The second-order valence-corrected chi connectivity index (χ2v) is 5.88. The molecule has 0 amide bonds. The Morgan fingerprint density at radius 1 is 1.08 bits per heavy atom. The van der Waals surface area contributed by atoms with Gasteiger partial charge in [0.05, 0.1) is 18.8 Å². The van der Waals surface area contributed by atoms with Crippen LogP contribution in [0.25, 0.3) is 5.69 Å². The van der Waals surface area contributed by atoms with Crippen molar-refractivity contribution >= 4 is 5.95 Å². The van der Waals surface area contributed by atoms with Crippen LogP contribution in [0.5, 0.6) is 5.75 Å². The highest BCUT2D eigenvalue weighted by atomic mass is 16.5. The lowest BCUT2D eigenvalue weighted by Crippen LogP contribution is -2.27. The first-order valence-electron chi connectivity index (χ1n) is 8.07. The molecule has 130 valence electrons. The van der Waals surface area contributed by atoms with Gasteiger partial charge in [-0.25, -0.2) is 0 Å². The van der Waals surface area contributed by atoms with Crippen molar-refractivity contribution in [2.75, 3.05) is 33.1 Å². The number of nitrogens with one attached hydrogen (secondary N) is 1. The number of rotatable bonds is 7. The normalized spacial score (nSPS) is 12.2. The Balaban J connectivity index is 1.75. The number of tetrazole rings is 1. The molecular formula is C18H22N6O. The fraction of sp³-hybridized carbons (Fsp3) is 0.278. The highest BCUT2D eigenvalue weighted by Gasteiger charge is 2.16. The quantitative estimate of drug-likeness (QED) is 0.713. The largest absolute Gasteiger partial charge is 0.497 e. The molecule has 1 heterocycles. The Bertz CT molecular complexity index is 785. The maximum Gasteiger partial charge on any atom is 0.247 e. The van der Waals surface area contributed by atoms with Crippen molar-refractivity contribution in [1.29, 1.82) is 0 Å². The van der Waals surface area contributed by atoms with E-state index in [0.29, 0.717) is 12.5 Å². The van der Waals surface area contributed by atoms with Crippen LogP contribution in [-0.4, -0.2) is 52.9 Å². The topological polar surface area (TPSA) is 68.1 Å². The molecule has 0 fully saturated rings. The third kappa shape index (κ3) is 3.95. The lowest BCUT2D eigenvalue weighted by atomic mass is 10.1. The molecule has 3 aromatic rings. The van der Waals surface area contributed by atoms with Gasteiger partial charge in [0.2, 0.25) is 5.95 Å². The average molecular weight is 338 g/mol. The summed E-state index contributed by atoms with van der Waals surface area (Å²) in [5.41, 5.74) is 2.11. The SMILES string of the molecule is COc1ccc([C@H](CNc2nnnn2-c2ccccc2)N(C)C)cc1. The Kier molecular flexibility index (Phi) is 5.25. The minimum absolute atomic E-state index is 0.173. The van der Waals surface area contributed by atoms with Crippen LogP contribution in [0, 0.1) is 0 Å². The maximum absolute atomic E-state index is 5.23. The van der Waals surface area contributed by atoms with Crippen molar-refractivity contribution in [2.45, 2.75) is 6.04 Å². The molecule has 0 unspecified atom stereocenters. The van der Waals surface area contributed by atoms with E-state index in [0.717, 1.165) is 11.4 Å². The van der Waals surface area contributed by atoms with Gasteiger partial charge in [-0.1, -0.05) is 35.4 Å². The zero-order chi connectivity index (χ0) is 17.6. The molecule has 0 aliphatic rings. The minimum atomic E-state index is 0.173. The molecule has 2 aromatic carbocycles. The summed E-state index contributed by atoms with van der Waals surface area (Å²) in [5, 5.41) is 15.3. The Morgan fingerprint density at radius 3 is 2.44 bits per heavy atom. The van der Waals surface area contributed by atoms with E-state index in [1.54, 1.807) is 11.8 Å². The minimum Gasteiger partial charge on any atom is -0.497 e. The van der Waals surface area contributed by atoms with Gasteiger partial charge in [0, 0.05) is 6.54 Å². The van der Waals surface area contributed by atoms with E-state index in [2.05, 4.69) is 52.0 Å². The Hall–Kier alpha value is -2.93. The van der Waals surface area contributed by atoms with Crippen LogP contribution in [0.3, 0.4) is 0 Å². The summed E-state index contributed by atoms with van der Waals surface area (Å²) in [6, 6.07) is 18.1. The van der Waals surface area contributed by atoms with Crippen molar-refractivity contribution in [3.05, 3.63) is 60.2 Å². The second kappa shape index (κ2) is 7.76. The first-order chi connectivity index (χ1) is 12.2. The highest BCUT2D eigenvalue weighted by Crippen LogP contribution is 2.22. The zero-order valence-electron chi connectivity index (χ0n) is 14.6. The number of para-hydroxylation sites is 1. The van der Waals surface area contributed by atoms with Gasteiger partial charge in [0.15, 0.2) is 0 Å². The van der Waals surface area contributed by atoms with Crippen molar-refractivity contribution in [3.63, 3.8) is 0 Å². The van der Waals surface area contributed by atoms with E-state index in [-0.39, 0.29) is 6.04 Å². The lowest BCUT2D eigenvalue weighted by molar-refractivity contribution is 0.311. The summed E-state index contributed by atoms with van der Waals surface area (Å²) in [4.78, 5) is 2.16. The summed E-state index contributed by atoms with van der Waals surface area (Å²) >= 11 is 0. The molecule has 0 saturated heterocycles. The van der Waals surface area contributed by atoms with Gasteiger partial charge < -0.3 is 15.0 Å². The predicted molar refractivity (Wildman–Crippen MR) is 97.1 cm³/mol. The fourth-order valence-electron chi connectivity index (χ4n) is 2.65. The highest BCUT2D eigenvalue weighted by molar-refractivity contribution is 5.39. The molecule has 0 aliphatic heterocycles. The molecule has 1 atom stereocenters. The summed E-state index contributed by atoms with van der Waals surface area (Å²) in [5.74, 6) is 1.47. The third-order valence-corrected chi connectivity index (χ3v) is 4.05. The maximum atomic E-state index is 5.23. The molecule has 0 spiro atoms. The van der Waals surface area contributed by atoms with Crippen molar-refractivity contribution in [3.8, 4) is 11.4 Å². The number of hydrogen-bond acceptors (Lipinski definition) is 6. The third-order valence-electron chi connectivity index (χ3n) is 4.05. The number of nitrogens with zero attached hydrogens (tertiary/aromatic N) is 5. The predicted octanol–water partition coefficient (Wildman–Crippen LogP) is 2.39. The van der Waals surface area contributed by atoms with Crippen LogP contribution in [0.1, 0.15) is 11.6 Å². The number of methoxy groups -OCH3 is 1. The average Bonchev–Trinajstić information content (AvgIpc) is 3.11. The molecule has 25 heavy (non-hydrogen) atoms. The number of aromatic nitrogens is 4. The van der Waals surface area contributed by atoms with Crippen molar-refractivity contribution < 1.29 is 4.74 Å². The van der Waals surface area contributed by atoms with Gasteiger partial charge in [0.25, 0.3) is 0 Å². The van der Waals surface area contributed by atoms with E-state index in [4.69, 9.17) is 4.74 Å². The zero-order valence-corrected chi connectivity index (χ0v) is 14.6. The van der Waals surface area contributed by atoms with E-state index < -0.39 is 0 Å². The van der Waals surface area contributed by atoms with Crippen molar-refractivity contribution in [2.24, 2.45) is 0 Å². The molecule has 3 rings (SSSR count). The van der Waals surface area contributed by atoms with Gasteiger partial charge in [-0.2, -0.15) is 4.68 Å². The second-order valence-electron chi connectivity index (χ2n) is 5.88. The standard InChI is InChI=1S/C18H22N6O/c1-23(2)17(14-9-11-16(25-3)12-10-14)13-19-18-20-21-22-24(18)15-7-5-4-6-8-15/h4-12,17H,13H2,1-3H3,(H,19,20,22)/t17-/m0/s1. The van der Waals surface area contributed by atoms with Gasteiger partial charge in [0.1, 0.15) is 5.75 Å². The first kappa shape index (κ1) is 16.9. The van der Waals surface area contributed by atoms with E-state index in [9.17, 15) is 0 Å². The summed E-state index contributed by atoms with van der Waals surface area (Å²) in [6.45, 7) is 0.673. The van der Waals surface area contributed by atoms with Crippen LogP contribution >= 0.6 is 0 Å².